The number of rotatable bonds is 4. The van der Waals surface area contributed by atoms with Gasteiger partial charge in [-0.3, -0.25) is 0 Å². The first kappa shape index (κ1) is 13.9. The molecular formula is C18H14N2O2. The predicted octanol–water partition coefficient (Wildman–Crippen LogP) is 3.43. The van der Waals surface area contributed by atoms with Crippen LogP contribution in [-0.2, 0) is 6.42 Å². The molecule has 0 fully saturated rings. The fourth-order valence-electron chi connectivity index (χ4n) is 2.20. The minimum Gasteiger partial charge on any atom is -0.478 e. The Morgan fingerprint density at radius 1 is 0.955 bits per heavy atom. The Bertz CT molecular complexity index is 784. The SMILES string of the molecule is O=C(O)c1ccc(Cc2ccnc(-c3ccccc3)n2)cc1. The molecule has 0 saturated heterocycles. The van der Waals surface area contributed by atoms with E-state index in [0.29, 0.717) is 12.2 Å². The van der Waals surface area contributed by atoms with Crippen molar-refractivity contribution in [2.75, 3.05) is 0 Å². The minimum atomic E-state index is -0.917. The van der Waals surface area contributed by atoms with Crippen molar-refractivity contribution in [3.63, 3.8) is 0 Å². The highest BCUT2D eigenvalue weighted by atomic mass is 16.4. The topological polar surface area (TPSA) is 63.1 Å². The predicted molar refractivity (Wildman–Crippen MR) is 83.7 cm³/mol. The molecule has 0 spiro atoms. The van der Waals surface area contributed by atoms with E-state index < -0.39 is 5.97 Å². The zero-order valence-electron chi connectivity index (χ0n) is 11.8. The Labute approximate surface area is 128 Å². The van der Waals surface area contributed by atoms with Gasteiger partial charge in [0.05, 0.1) is 5.56 Å². The van der Waals surface area contributed by atoms with Gasteiger partial charge in [0.15, 0.2) is 5.82 Å². The van der Waals surface area contributed by atoms with E-state index in [2.05, 4.69) is 9.97 Å². The van der Waals surface area contributed by atoms with Crippen molar-refractivity contribution in [3.05, 3.63) is 83.7 Å². The Balaban J connectivity index is 1.82. The van der Waals surface area contributed by atoms with Gasteiger partial charge in [-0.05, 0) is 23.8 Å². The summed E-state index contributed by atoms with van der Waals surface area (Å²) < 4.78 is 0. The summed E-state index contributed by atoms with van der Waals surface area (Å²) in [5, 5.41) is 8.91. The largest absolute Gasteiger partial charge is 0.478 e. The van der Waals surface area contributed by atoms with Crippen LogP contribution in [0.3, 0.4) is 0 Å². The van der Waals surface area contributed by atoms with Crippen molar-refractivity contribution < 1.29 is 9.90 Å². The number of nitrogens with zero attached hydrogens (tertiary/aromatic N) is 2. The second-order valence-electron chi connectivity index (χ2n) is 4.92. The second-order valence-corrected chi connectivity index (χ2v) is 4.92. The van der Waals surface area contributed by atoms with E-state index in [0.717, 1.165) is 16.8 Å². The van der Waals surface area contributed by atoms with Crippen LogP contribution in [0, 0.1) is 0 Å². The molecule has 22 heavy (non-hydrogen) atoms. The molecule has 0 amide bonds. The first-order chi connectivity index (χ1) is 10.7. The molecule has 108 valence electrons. The molecule has 0 aliphatic heterocycles. The first-order valence-corrected chi connectivity index (χ1v) is 6.92. The molecule has 1 aromatic heterocycles. The molecule has 1 N–H and O–H groups in total. The van der Waals surface area contributed by atoms with E-state index in [4.69, 9.17) is 5.11 Å². The zero-order chi connectivity index (χ0) is 15.4. The van der Waals surface area contributed by atoms with Crippen LogP contribution in [0.15, 0.2) is 66.9 Å². The Hall–Kier alpha value is -3.01. The summed E-state index contributed by atoms with van der Waals surface area (Å²) in [6.45, 7) is 0. The van der Waals surface area contributed by atoms with Crippen LogP contribution in [0.5, 0.6) is 0 Å². The van der Waals surface area contributed by atoms with Gasteiger partial charge in [-0.1, -0.05) is 42.5 Å². The number of carboxylic acid groups (broad SMARTS) is 1. The van der Waals surface area contributed by atoms with Gasteiger partial charge in [-0.25, -0.2) is 14.8 Å². The Kier molecular flexibility index (Phi) is 3.92. The van der Waals surface area contributed by atoms with Crippen molar-refractivity contribution in [2.45, 2.75) is 6.42 Å². The van der Waals surface area contributed by atoms with Gasteiger partial charge in [-0.15, -0.1) is 0 Å². The average molecular weight is 290 g/mol. The van der Waals surface area contributed by atoms with Gasteiger partial charge in [0.2, 0.25) is 0 Å². The third-order valence-corrected chi connectivity index (χ3v) is 3.33. The number of carboxylic acids is 1. The fraction of sp³-hybridized carbons (Fsp3) is 0.0556. The summed E-state index contributed by atoms with van der Waals surface area (Å²) in [7, 11) is 0. The van der Waals surface area contributed by atoms with Gasteiger partial charge < -0.3 is 5.11 Å². The maximum Gasteiger partial charge on any atom is 0.335 e. The smallest absolute Gasteiger partial charge is 0.335 e. The van der Waals surface area contributed by atoms with Crippen LogP contribution in [-0.4, -0.2) is 21.0 Å². The van der Waals surface area contributed by atoms with Crippen LogP contribution >= 0.6 is 0 Å². The zero-order valence-corrected chi connectivity index (χ0v) is 11.8. The van der Waals surface area contributed by atoms with Crippen LogP contribution in [0.2, 0.25) is 0 Å². The van der Waals surface area contributed by atoms with Gasteiger partial charge in [0.1, 0.15) is 0 Å². The van der Waals surface area contributed by atoms with E-state index in [1.807, 2.05) is 48.5 Å². The first-order valence-electron chi connectivity index (χ1n) is 6.92. The Morgan fingerprint density at radius 3 is 2.36 bits per heavy atom. The molecule has 0 radical (unpaired) electrons. The maximum atomic E-state index is 10.9. The minimum absolute atomic E-state index is 0.288. The van der Waals surface area contributed by atoms with E-state index >= 15 is 0 Å². The summed E-state index contributed by atoms with van der Waals surface area (Å²) in [5.74, 6) is -0.222. The Morgan fingerprint density at radius 2 is 1.68 bits per heavy atom. The quantitative estimate of drug-likeness (QED) is 0.799. The van der Waals surface area contributed by atoms with E-state index in [9.17, 15) is 4.79 Å². The summed E-state index contributed by atoms with van der Waals surface area (Å²) in [5.41, 5.74) is 3.18. The van der Waals surface area contributed by atoms with Crippen molar-refractivity contribution in [2.24, 2.45) is 0 Å². The van der Waals surface area contributed by atoms with Gasteiger partial charge in [0, 0.05) is 23.9 Å². The van der Waals surface area contributed by atoms with Gasteiger partial charge in [0.25, 0.3) is 0 Å². The molecule has 0 aliphatic rings. The molecule has 0 saturated carbocycles. The lowest BCUT2D eigenvalue weighted by atomic mass is 10.1. The lowest BCUT2D eigenvalue weighted by Crippen LogP contribution is -1.98. The molecule has 4 heteroatoms. The van der Waals surface area contributed by atoms with Crippen LogP contribution in [0.4, 0.5) is 0 Å². The summed E-state index contributed by atoms with van der Waals surface area (Å²) in [4.78, 5) is 19.7. The molecule has 0 atom stereocenters. The van der Waals surface area contributed by atoms with Crippen LogP contribution in [0.1, 0.15) is 21.6 Å². The number of carbonyl (C=O) groups is 1. The highest BCUT2D eigenvalue weighted by Gasteiger charge is 2.05. The third-order valence-electron chi connectivity index (χ3n) is 3.33. The molecule has 3 rings (SSSR count). The monoisotopic (exact) mass is 290 g/mol. The third kappa shape index (κ3) is 3.17. The summed E-state index contributed by atoms with van der Waals surface area (Å²) in [6.07, 6.45) is 2.39. The number of hydrogen-bond donors (Lipinski definition) is 1. The summed E-state index contributed by atoms with van der Waals surface area (Å²) >= 11 is 0. The standard InChI is InChI=1S/C18H14N2O2/c21-18(22)15-8-6-13(7-9-15)12-16-10-11-19-17(20-16)14-4-2-1-3-5-14/h1-11H,12H2,(H,21,22). The lowest BCUT2D eigenvalue weighted by Gasteiger charge is -2.05. The number of aromatic nitrogens is 2. The number of aromatic carboxylic acids is 1. The molecule has 0 aliphatic carbocycles. The molecule has 1 heterocycles. The second kappa shape index (κ2) is 6.18. The lowest BCUT2D eigenvalue weighted by molar-refractivity contribution is 0.0697. The van der Waals surface area contributed by atoms with E-state index in [-0.39, 0.29) is 5.56 Å². The van der Waals surface area contributed by atoms with Crippen molar-refractivity contribution >= 4 is 5.97 Å². The normalized spacial score (nSPS) is 10.4. The van der Waals surface area contributed by atoms with Crippen molar-refractivity contribution in [3.8, 4) is 11.4 Å². The van der Waals surface area contributed by atoms with Crippen molar-refractivity contribution in [1.29, 1.82) is 0 Å². The number of benzene rings is 2. The van der Waals surface area contributed by atoms with E-state index in [1.54, 1.807) is 18.3 Å². The summed E-state index contributed by atoms with van der Waals surface area (Å²) in [6, 6.07) is 18.5. The van der Waals surface area contributed by atoms with Crippen LogP contribution in [0.25, 0.3) is 11.4 Å². The molecule has 2 aromatic carbocycles. The van der Waals surface area contributed by atoms with Gasteiger partial charge in [-0.2, -0.15) is 0 Å². The van der Waals surface area contributed by atoms with Crippen molar-refractivity contribution in [1.82, 2.24) is 9.97 Å². The fourth-order valence-corrected chi connectivity index (χ4v) is 2.20. The maximum absolute atomic E-state index is 10.9. The molecule has 4 nitrogen and oxygen atoms in total. The number of hydrogen-bond acceptors (Lipinski definition) is 3. The van der Waals surface area contributed by atoms with Gasteiger partial charge >= 0.3 is 5.97 Å². The molecule has 3 aromatic rings. The molecular weight excluding hydrogens is 276 g/mol. The highest BCUT2D eigenvalue weighted by molar-refractivity contribution is 5.87. The van der Waals surface area contributed by atoms with E-state index in [1.165, 1.54) is 0 Å². The average Bonchev–Trinajstić information content (AvgIpc) is 2.56. The van der Waals surface area contributed by atoms with Crippen LogP contribution < -0.4 is 0 Å². The molecule has 0 bridgehead atoms. The molecule has 0 unspecified atom stereocenters. The highest BCUT2D eigenvalue weighted by Crippen LogP contribution is 2.15.